The smallest absolute Gasteiger partial charge is 0.230 e. The number of halogens is 1. The van der Waals surface area contributed by atoms with Gasteiger partial charge in [-0.3, -0.25) is 9.59 Å². The van der Waals surface area contributed by atoms with Crippen LogP contribution in [0.25, 0.3) is 0 Å². The summed E-state index contributed by atoms with van der Waals surface area (Å²) in [6, 6.07) is 10.9. The van der Waals surface area contributed by atoms with E-state index in [1.807, 2.05) is 36.0 Å². The number of rotatable bonds is 5. The first-order valence-corrected chi connectivity index (χ1v) is 6.91. The fraction of sp³-hybridized carbons (Fsp3) is 0.235. The molecule has 0 spiro atoms. The number of nitrogens with zero attached hydrogens (tertiary/aromatic N) is 1. The Morgan fingerprint density at radius 3 is 2.18 bits per heavy atom. The van der Waals surface area contributed by atoms with Gasteiger partial charge >= 0.3 is 0 Å². The molecule has 22 heavy (non-hydrogen) atoms. The van der Waals surface area contributed by atoms with Crippen LogP contribution in [0.4, 0.5) is 5.69 Å². The lowest BCUT2D eigenvalue weighted by atomic mass is 10.1. The number of amides is 1. The predicted octanol–water partition coefficient (Wildman–Crippen LogP) is -0.482. The topological polar surface area (TPSA) is 50.1 Å². The Morgan fingerprint density at radius 1 is 1.05 bits per heavy atom. The third kappa shape index (κ3) is 5.41. The fourth-order valence-corrected chi connectivity index (χ4v) is 1.92. The van der Waals surface area contributed by atoms with Crippen LogP contribution in [-0.2, 0) is 11.3 Å². The first kappa shape index (κ1) is 18.0. The Hall–Kier alpha value is -2.01. The number of hydrogen-bond acceptors (Lipinski definition) is 2. The maximum atomic E-state index is 11.9. The van der Waals surface area contributed by atoms with E-state index in [4.69, 9.17) is 0 Å². The van der Waals surface area contributed by atoms with Gasteiger partial charge in [-0.15, -0.1) is 0 Å². The van der Waals surface area contributed by atoms with Crippen LogP contribution in [0, 0.1) is 6.92 Å². The first-order valence-electron chi connectivity index (χ1n) is 6.91. The van der Waals surface area contributed by atoms with Gasteiger partial charge in [-0.05, 0) is 43.7 Å². The average Bonchev–Trinajstić information content (AvgIpc) is 2.47. The summed E-state index contributed by atoms with van der Waals surface area (Å²) in [4.78, 5) is 23.1. The Balaban J connectivity index is 0.00000242. The molecule has 0 fully saturated rings. The van der Waals surface area contributed by atoms with Gasteiger partial charge in [0.05, 0.1) is 6.42 Å². The van der Waals surface area contributed by atoms with E-state index in [2.05, 4.69) is 5.32 Å². The van der Waals surface area contributed by atoms with Crippen molar-refractivity contribution >= 4 is 17.4 Å². The molecule has 1 aromatic heterocycles. The van der Waals surface area contributed by atoms with Crippen molar-refractivity contribution in [1.29, 1.82) is 0 Å². The van der Waals surface area contributed by atoms with Crippen LogP contribution in [0.2, 0.25) is 0 Å². The van der Waals surface area contributed by atoms with E-state index in [1.54, 1.807) is 24.3 Å². The monoisotopic (exact) mass is 362 g/mol. The lowest BCUT2D eigenvalue weighted by Crippen LogP contribution is -3.00. The fourth-order valence-electron chi connectivity index (χ4n) is 1.92. The van der Waals surface area contributed by atoms with Crippen molar-refractivity contribution in [3.05, 3.63) is 59.9 Å². The molecule has 116 valence electrons. The van der Waals surface area contributed by atoms with E-state index in [0.29, 0.717) is 24.2 Å². The summed E-state index contributed by atoms with van der Waals surface area (Å²) in [5.41, 5.74) is 2.54. The molecular weight excluding hydrogens is 344 g/mol. The van der Waals surface area contributed by atoms with Gasteiger partial charge in [-0.25, -0.2) is 4.57 Å². The van der Waals surface area contributed by atoms with E-state index in [0.717, 1.165) is 0 Å². The minimum Gasteiger partial charge on any atom is -1.00 e. The van der Waals surface area contributed by atoms with Crippen LogP contribution in [0.15, 0.2) is 48.8 Å². The number of ketones is 1. The van der Waals surface area contributed by atoms with Crippen LogP contribution in [0.3, 0.4) is 0 Å². The second-order valence-electron chi connectivity index (χ2n) is 5.05. The van der Waals surface area contributed by atoms with Gasteiger partial charge in [-0.2, -0.15) is 0 Å². The van der Waals surface area contributed by atoms with Gasteiger partial charge in [0.2, 0.25) is 5.91 Å². The number of nitrogens with one attached hydrogen (secondary N) is 1. The lowest BCUT2D eigenvalue weighted by Gasteiger charge is -2.04. The molecule has 1 heterocycles. The number of anilines is 1. The van der Waals surface area contributed by atoms with Crippen molar-refractivity contribution in [2.75, 3.05) is 5.32 Å². The van der Waals surface area contributed by atoms with Crippen LogP contribution in [-0.4, -0.2) is 11.7 Å². The minimum atomic E-state index is -0.0429. The summed E-state index contributed by atoms with van der Waals surface area (Å²) in [7, 11) is 0. The first-order chi connectivity index (χ1) is 10.0. The summed E-state index contributed by atoms with van der Waals surface area (Å²) in [5.74, 6) is -0.0257. The van der Waals surface area contributed by atoms with Crippen molar-refractivity contribution in [3.8, 4) is 0 Å². The Bertz CT molecular complexity index is 637. The summed E-state index contributed by atoms with van der Waals surface area (Å²) in [6.45, 7) is 4.19. The highest BCUT2D eigenvalue weighted by Crippen LogP contribution is 2.10. The third-order valence-electron chi connectivity index (χ3n) is 3.23. The summed E-state index contributed by atoms with van der Waals surface area (Å²) < 4.78 is 1.98. The molecule has 1 amide bonds. The second-order valence-corrected chi connectivity index (χ2v) is 5.05. The zero-order valence-electron chi connectivity index (χ0n) is 12.7. The SMILES string of the molecule is CC(=O)c1ccc(NC(=O)CC[n+]2ccc(C)cc2)cc1.[Br-]. The van der Waals surface area contributed by atoms with Gasteiger partial charge in [0, 0.05) is 23.4 Å². The highest BCUT2D eigenvalue weighted by molar-refractivity contribution is 5.95. The Kier molecular flexibility index (Phi) is 6.92. The number of hydrogen-bond donors (Lipinski definition) is 1. The standard InChI is InChI=1S/C17H18N2O2.BrH/c1-13-7-10-19(11-8-13)12-9-17(21)18-16-5-3-15(4-6-16)14(2)20;/h3-8,10-11H,9,12H2,1-2H3;1H. The van der Waals surface area contributed by atoms with Gasteiger partial charge in [0.25, 0.3) is 0 Å². The maximum absolute atomic E-state index is 11.9. The zero-order chi connectivity index (χ0) is 15.2. The Labute approximate surface area is 140 Å². The average molecular weight is 363 g/mol. The van der Waals surface area contributed by atoms with Crippen molar-refractivity contribution in [2.24, 2.45) is 0 Å². The molecule has 2 aromatic rings. The molecule has 0 saturated heterocycles. The Morgan fingerprint density at radius 2 is 1.64 bits per heavy atom. The molecule has 0 aliphatic carbocycles. The molecule has 0 saturated carbocycles. The van der Waals surface area contributed by atoms with Crippen LogP contribution in [0.5, 0.6) is 0 Å². The zero-order valence-corrected chi connectivity index (χ0v) is 14.3. The summed E-state index contributed by atoms with van der Waals surface area (Å²) in [6.07, 6.45) is 4.33. The van der Waals surface area contributed by atoms with E-state index in [-0.39, 0.29) is 28.7 Å². The predicted molar refractivity (Wildman–Crippen MR) is 81.1 cm³/mol. The molecular formula is C17H19BrN2O2. The van der Waals surface area contributed by atoms with Gasteiger partial charge in [0.15, 0.2) is 24.7 Å². The number of carbonyl (C=O) groups excluding carboxylic acids is 2. The largest absolute Gasteiger partial charge is 1.00 e. The molecule has 0 aliphatic rings. The number of pyridine rings is 1. The highest BCUT2D eigenvalue weighted by atomic mass is 79.9. The number of Topliss-reactive ketones (excluding diaryl/α,β-unsaturated/α-hetero) is 1. The number of aromatic nitrogens is 1. The van der Waals surface area contributed by atoms with E-state index >= 15 is 0 Å². The van der Waals surface area contributed by atoms with E-state index in [9.17, 15) is 9.59 Å². The minimum absolute atomic E-state index is 0. The van der Waals surface area contributed by atoms with Gasteiger partial charge < -0.3 is 22.3 Å². The normalized spacial score (nSPS) is 9.73. The van der Waals surface area contributed by atoms with Crippen LogP contribution in [0.1, 0.15) is 29.3 Å². The van der Waals surface area contributed by atoms with E-state index < -0.39 is 0 Å². The number of carbonyl (C=O) groups is 2. The number of benzene rings is 1. The molecule has 4 nitrogen and oxygen atoms in total. The molecule has 1 N–H and O–H groups in total. The molecule has 1 aromatic carbocycles. The summed E-state index contributed by atoms with van der Waals surface area (Å²) in [5, 5.41) is 2.83. The van der Waals surface area contributed by atoms with E-state index in [1.165, 1.54) is 12.5 Å². The van der Waals surface area contributed by atoms with Crippen molar-refractivity contribution < 1.29 is 31.1 Å². The maximum Gasteiger partial charge on any atom is 0.230 e. The van der Waals surface area contributed by atoms with Gasteiger partial charge in [0.1, 0.15) is 0 Å². The quantitative estimate of drug-likeness (QED) is 0.576. The third-order valence-corrected chi connectivity index (χ3v) is 3.23. The lowest BCUT2D eigenvalue weighted by molar-refractivity contribution is -0.695. The molecule has 0 atom stereocenters. The van der Waals surface area contributed by atoms with Crippen molar-refractivity contribution in [2.45, 2.75) is 26.8 Å². The van der Waals surface area contributed by atoms with Crippen molar-refractivity contribution in [1.82, 2.24) is 0 Å². The molecule has 0 bridgehead atoms. The van der Waals surface area contributed by atoms with Crippen LogP contribution < -0.4 is 26.9 Å². The second kappa shape index (κ2) is 8.44. The molecule has 2 rings (SSSR count). The molecule has 0 unspecified atom stereocenters. The van der Waals surface area contributed by atoms with Crippen molar-refractivity contribution in [3.63, 3.8) is 0 Å². The summed E-state index contributed by atoms with van der Waals surface area (Å²) >= 11 is 0. The van der Waals surface area contributed by atoms with Gasteiger partial charge in [-0.1, -0.05) is 0 Å². The molecule has 5 heteroatoms. The van der Waals surface area contributed by atoms with Crippen LogP contribution >= 0.6 is 0 Å². The molecule has 0 aliphatic heterocycles. The highest BCUT2D eigenvalue weighted by Gasteiger charge is 2.07. The molecule has 0 radical (unpaired) electrons. The number of aryl methyl sites for hydroxylation is 2.